The predicted molar refractivity (Wildman–Crippen MR) is 46.6 cm³/mol. The van der Waals surface area contributed by atoms with E-state index in [0.29, 0.717) is 18.3 Å². The number of aliphatic hydroxyl groups is 1. The first-order valence-corrected chi connectivity index (χ1v) is 5.28. The smallest absolute Gasteiger partial charge is 0.0897 e. The van der Waals surface area contributed by atoms with Crippen LogP contribution in [0.3, 0.4) is 0 Å². The number of hydrogen-bond acceptors (Lipinski definition) is 2. The van der Waals surface area contributed by atoms with E-state index in [1.54, 1.807) is 0 Å². The van der Waals surface area contributed by atoms with Crippen molar-refractivity contribution in [2.24, 2.45) is 11.8 Å². The molecule has 3 heteroatoms. The summed E-state index contributed by atoms with van der Waals surface area (Å²) < 4.78 is 12.0. The lowest BCUT2D eigenvalue weighted by Gasteiger charge is -2.28. The highest BCUT2D eigenvalue weighted by Crippen LogP contribution is 2.30. The highest BCUT2D eigenvalue weighted by atomic mass is 32.2. The maximum atomic E-state index is 12.0. The molecule has 0 aromatic rings. The first-order chi connectivity index (χ1) is 5.38. The number of alkyl halides is 1. The number of rotatable bonds is 3. The molecule has 0 aromatic carbocycles. The monoisotopic (exact) mass is 178 g/mol. The number of hydrogen-bond donors (Lipinski definition) is 1. The molecule has 1 N–H and O–H groups in total. The molecule has 0 bridgehead atoms. The normalized spacial score (nSPS) is 32.2. The molecule has 0 radical (unpaired) electrons. The quantitative estimate of drug-likeness (QED) is 0.710. The molecule has 0 saturated carbocycles. The van der Waals surface area contributed by atoms with E-state index in [0.717, 1.165) is 17.9 Å². The van der Waals surface area contributed by atoms with Crippen molar-refractivity contribution in [3.05, 3.63) is 0 Å². The Morgan fingerprint density at radius 1 is 1.45 bits per heavy atom. The molecule has 0 spiro atoms. The van der Waals surface area contributed by atoms with Crippen LogP contribution >= 0.6 is 11.8 Å². The average molecular weight is 178 g/mol. The van der Waals surface area contributed by atoms with Gasteiger partial charge in [0.05, 0.1) is 6.67 Å². The van der Waals surface area contributed by atoms with Crippen molar-refractivity contribution in [2.45, 2.75) is 12.8 Å². The summed E-state index contributed by atoms with van der Waals surface area (Å²) in [5, 5.41) is 8.95. The van der Waals surface area contributed by atoms with E-state index in [9.17, 15) is 4.39 Å². The van der Waals surface area contributed by atoms with Crippen molar-refractivity contribution in [2.75, 3.05) is 24.8 Å². The Hall–Kier alpha value is 0.240. The summed E-state index contributed by atoms with van der Waals surface area (Å²) >= 11 is 1.87. The summed E-state index contributed by atoms with van der Waals surface area (Å²) in [6.07, 6.45) is 1.73. The highest BCUT2D eigenvalue weighted by Gasteiger charge is 2.23. The first kappa shape index (κ1) is 9.33. The van der Waals surface area contributed by atoms with E-state index >= 15 is 0 Å². The largest absolute Gasteiger partial charge is 0.396 e. The Bertz CT molecular complexity index is 108. The van der Waals surface area contributed by atoms with Gasteiger partial charge in [0.25, 0.3) is 0 Å². The molecule has 2 unspecified atom stereocenters. The second kappa shape index (κ2) is 4.99. The molecule has 0 aromatic heterocycles. The number of thioether (sulfide) groups is 1. The standard InChI is InChI=1S/C8H15FOS/c9-3-1-7-2-4-11-6-8(7)5-10/h7-8,10H,1-6H2. The summed E-state index contributed by atoms with van der Waals surface area (Å²) in [5.74, 6) is 2.94. The maximum Gasteiger partial charge on any atom is 0.0897 e. The van der Waals surface area contributed by atoms with E-state index in [1.165, 1.54) is 0 Å². The Morgan fingerprint density at radius 3 is 2.91 bits per heavy atom. The summed E-state index contributed by atoms with van der Waals surface area (Å²) in [5.41, 5.74) is 0. The molecular formula is C8H15FOS. The highest BCUT2D eigenvalue weighted by molar-refractivity contribution is 7.99. The summed E-state index contributed by atoms with van der Waals surface area (Å²) in [4.78, 5) is 0. The zero-order valence-electron chi connectivity index (χ0n) is 6.63. The van der Waals surface area contributed by atoms with Gasteiger partial charge in [-0.2, -0.15) is 11.8 Å². The van der Waals surface area contributed by atoms with Gasteiger partial charge in [-0.05, 0) is 36.2 Å². The van der Waals surface area contributed by atoms with Gasteiger partial charge < -0.3 is 5.11 Å². The summed E-state index contributed by atoms with van der Waals surface area (Å²) in [6, 6.07) is 0. The molecule has 1 fully saturated rings. The first-order valence-electron chi connectivity index (χ1n) is 4.13. The summed E-state index contributed by atoms with van der Waals surface area (Å²) in [7, 11) is 0. The molecule has 66 valence electrons. The Morgan fingerprint density at radius 2 is 2.27 bits per heavy atom. The number of halogens is 1. The van der Waals surface area contributed by atoms with E-state index in [2.05, 4.69) is 0 Å². The molecule has 1 saturated heterocycles. The van der Waals surface area contributed by atoms with Gasteiger partial charge in [0, 0.05) is 6.61 Å². The van der Waals surface area contributed by atoms with Crippen LogP contribution < -0.4 is 0 Å². The van der Waals surface area contributed by atoms with Gasteiger partial charge in [-0.1, -0.05) is 0 Å². The lowest BCUT2D eigenvalue weighted by Crippen LogP contribution is -2.26. The molecule has 1 nitrogen and oxygen atoms in total. The van der Waals surface area contributed by atoms with Crippen molar-refractivity contribution < 1.29 is 9.50 Å². The van der Waals surface area contributed by atoms with Crippen molar-refractivity contribution in [3.8, 4) is 0 Å². The zero-order valence-corrected chi connectivity index (χ0v) is 7.45. The van der Waals surface area contributed by atoms with Gasteiger partial charge in [-0.15, -0.1) is 0 Å². The van der Waals surface area contributed by atoms with Crippen LogP contribution in [-0.2, 0) is 0 Å². The molecule has 1 rings (SSSR count). The van der Waals surface area contributed by atoms with Gasteiger partial charge in [0.2, 0.25) is 0 Å². The van der Waals surface area contributed by atoms with E-state index in [1.807, 2.05) is 11.8 Å². The van der Waals surface area contributed by atoms with Gasteiger partial charge in [-0.25, -0.2) is 0 Å². The minimum atomic E-state index is -0.230. The molecule has 11 heavy (non-hydrogen) atoms. The lowest BCUT2D eigenvalue weighted by molar-refractivity contribution is 0.173. The Kier molecular flexibility index (Phi) is 4.23. The van der Waals surface area contributed by atoms with Crippen LogP contribution in [-0.4, -0.2) is 29.9 Å². The topological polar surface area (TPSA) is 20.2 Å². The zero-order chi connectivity index (χ0) is 8.10. The van der Waals surface area contributed by atoms with Crippen molar-refractivity contribution in [1.82, 2.24) is 0 Å². The van der Waals surface area contributed by atoms with Crippen LogP contribution in [0.2, 0.25) is 0 Å². The van der Waals surface area contributed by atoms with Gasteiger partial charge in [-0.3, -0.25) is 4.39 Å². The van der Waals surface area contributed by atoms with Gasteiger partial charge in [0.1, 0.15) is 0 Å². The van der Waals surface area contributed by atoms with Crippen LogP contribution in [0.5, 0.6) is 0 Å². The molecule has 2 atom stereocenters. The van der Waals surface area contributed by atoms with Crippen LogP contribution in [0.15, 0.2) is 0 Å². The second-order valence-corrected chi connectivity index (χ2v) is 4.19. The van der Waals surface area contributed by atoms with Crippen LogP contribution in [0, 0.1) is 11.8 Å². The SMILES string of the molecule is OCC1CSCCC1CCF. The van der Waals surface area contributed by atoms with Crippen molar-refractivity contribution in [3.63, 3.8) is 0 Å². The fourth-order valence-corrected chi connectivity index (χ4v) is 2.88. The number of aliphatic hydroxyl groups excluding tert-OH is 1. The molecular weight excluding hydrogens is 163 g/mol. The Balaban J connectivity index is 2.31. The third-order valence-corrected chi connectivity index (χ3v) is 3.53. The van der Waals surface area contributed by atoms with E-state index in [-0.39, 0.29) is 13.3 Å². The lowest BCUT2D eigenvalue weighted by atomic mass is 9.89. The van der Waals surface area contributed by atoms with Crippen molar-refractivity contribution >= 4 is 11.8 Å². The minimum Gasteiger partial charge on any atom is -0.396 e. The fraction of sp³-hybridized carbons (Fsp3) is 1.00. The van der Waals surface area contributed by atoms with Crippen LogP contribution in [0.25, 0.3) is 0 Å². The van der Waals surface area contributed by atoms with Crippen molar-refractivity contribution in [1.29, 1.82) is 0 Å². The third-order valence-electron chi connectivity index (χ3n) is 2.35. The molecule has 0 aliphatic carbocycles. The van der Waals surface area contributed by atoms with E-state index < -0.39 is 0 Å². The summed E-state index contributed by atoms with van der Waals surface area (Å²) in [6.45, 7) is 0.00347. The minimum absolute atomic E-state index is 0.230. The van der Waals surface area contributed by atoms with Gasteiger partial charge in [0.15, 0.2) is 0 Å². The molecule has 1 aliphatic rings. The molecule has 1 heterocycles. The predicted octanol–water partition coefficient (Wildman–Crippen LogP) is 1.71. The third kappa shape index (κ3) is 2.64. The second-order valence-electron chi connectivity index (χ2n) is 3.04. The van der Waals surface area contributed by atoms with Crippen LogP contribution in [0.4, 0.5) is 4.39 Å². The van der Waals surface area contributed by atoms with E-state index in [4.69, 9.17) is 5.11 Å². The molecule has 1 aliphatic heterocycles. The Labute approximate surface area is 71.4 Å². The van der Waals surface area contributed by atoms with Crippen LogP contribution in [0.1, 0.15) is 12.8 Å². The maximum absolute atomic E-state index is 12.0. The molecule has 0 amide bonds. The van der Waals surface area contributed by atoms with Gasteiger partial charge >= 0.3 is 0 Å². The fourth-order valence-electron chi connectivity index (χ4n) is 1.56. The average Bonchev–Trinajstić information content (AvgIpc) is 2.06.